The lowest BCUT2D eigenvalue weighted by Gasteiger charge is -2.32. The van der Waals surface area contributed by atoms with Crippen molar-refractivity contribution in [3.8, 4) is 22.5 Å². The molecule has 0 fully saturated rings. The average molecular weight is 596 g/mol. The fraction of sp³-hybridized carbons (Fsp3) is 0.448. The first kappa shape index (κ1) is 32.6. The predicted octanol–water partition coefficient (Wildman–Crippen LogP) is 3.52. The number of nitrogens with one attached hydrogen (secondary N) is 1. The van der Waals surface area contributed by atoms with Gasteiger partial charge in [0, 0.05) is 32.0 Å². The lowest BCUT2D eigenvalue weighted by atomic mass is 9.97. The summed E-state index contributed by atoms with van der Waals surface area (Å²) >= 11 is 0. The number of tetrazole rings is 1. The fourth-order valence-electron chi connectivity index (χ4n) is 4.86. The molecule has 0 saturated heterocycles. The van der Waals surface area contributed by atoms with Crippen LogP contribution in [0.1, 0.15) is 58.1 Å². The van der Waals surface area contributed by atoms with Gasteiger partial charge in [-0.15, -0.1) is 15.2 Å². The Kier molecular flexibility index (Phi) is 11.7. The molecule has 43 heavy (non-hydrogen) atoms. The molecule has 230 valence electrons. The zero-order valence-electron chi connectivity index (χ0n) is 24.7. The molecular formula is C29H37N7O7. The summed E-state index contributed by atoms with van der Waals surface area (Å²) in [7, 11) is 1.45. The molecule has 14 heteroatoms. The number of hydrogen-bond donors (Lipinski definition) is 2. The van der Waals surface area contributed by atoms with E-state index in [9.17, 15) is 29.6 Å². The van der Waals surface area contributed by atoms with Crippen molar-refractivity contribution in [2.24, 2.45) is 5.92 Å². The smallest absolute Gasteiger partial charge is 0.326 e. The minimum absolute atomic E-state index is 0.0449. The van der Waals surface area contributed by atoms with E-state index >= 15 is 0 Å². The predicted molar refractivity (Wildman–Crippen MR) is 156 cm³/mol. The highest BCUT2D eigenvalue weighted by Gasteiger charge is 2.32. The molecule has 1 unspecified atom stereocenters. The van der Waals surface area contributed by atoms with Crippen LogP contribution in [0.2, 0.25) is 0 Å². The number of unbranched alkanes of at least 4 members (excludes halogenated alkanes) is 1. The molecule has 2 amide bonds. The molecule has 2 N–H and O–H groups in total. The van der Waals surface area contributed by atoms with Gasteiger partial charge in [-0.1, -0.05) is 75.7 Å². The first-order chi connectivity index (χ1) is 20.6. The van der Waals surface area contributed by atoms with Crippen molar-refractivity contribution in [3.63, 3.8) is 0 Å². The maximum absolute atomic E-state index is 13.0. The number of benzene rings is 2. The van der Waals surface area contributed by atoms with Crippen LogP contribution < -0.4 is 5.32 Å². The Hall–Kier alpha value is -4.88. The van der Waals surface area contributed by atoms with E-state index in [0.29, 0.717) is 12.0 Å². The van der Waals surface area contributed by atoms with E-state index < -0.39 is 29.0 Å². The number of rotatable bonds is 16. The Labute approximate surface area is 249 Å². The fourth-order valence-corrected chi connectivity index (χ4v) is 4.86. The van der Waals surface area contributed by atoms with E-state index in [1.807, 2.05) is 43.3 Å². The maximum atomic E-state index is 13.0. The van der Waals surface area contributed by atoms with Gasteiger partial charge in [0.05, 0.1) is 6.61 Å². The van der Waals surface area contributed by atoms with Gasteiger partial charge >= 0.3 is 5.97 Å². The quantitative estimate of drug-likeness (QED) is 0.183. The number of nitrogens with zero attached hydrogens (tertiary/aromatic N) is 6. The summed E-state index contributed by atoms with van der Waals surface area (Å²) in [5, 5.41) is 34.1. The Morgan fingerprint density at radius 3 is 2.37 bits per heavy atom. The van der Waals surface area contributed by atoms with Gasteiger partial charge in [0.25, 0.3) is 5.09 Å². The standard InChI is InChI=1S/C29H37N7O7/c1-5-6-11-25(37)34(26(19(2)3)29(39)40)18-20-12-14-21(15-13-20)22-9-7-8-10-23(22)27-31-32-33-35(27)24(28(38)30-4)16-17-43-36(41)42/h7-10,12-15,19,24,26H,5-6,11,16-18H2,1-4H3,(H,30,38)(H,39,40)/t24?,26-/m0/s1. The van der Waals surface area contributed by atoms with Crippen LogP contribution in [0.5, 0.6) is 0 Å². The maximum Gasteiger partial charge on any atom is 0.326 e. The number of carboxylic acids is 1. The molecule has 0 saturated carbocycles. The van der Waals surface area contributed by atoms with Crippen molar-refractivity contribution < 1.29 is 29.4 Å². The molecule has 0 aliphatic rings. The summed E-state index contributed by atoms with van der Waals surface area (Å²) in [6, 6.07) is 12.8. The monoisotopic (exact) mass is 595 g/mol. The molecule has 1 aromatic heterocycles. The van der Waals surface area contributed by atoms with Crippen LogP contribution in [0, 0.1) is 16.0 Å². The lowest BCUT2D eigenvalue weighted by molar-refractivity contribution is -0.757. The molecule has 2 aromatic carbocycles. The highest BCUT2D eigenvalue weighted by Crippen LogP contribution is 2.32. The average Bonchev–Trinajstić information content (AvgIpc) is 3.46. The largest absolute Gasteiger partial charge is 0.480 e. The minimum Gasteiger partial charge on any atom is -0.480 e. The van der Waals surface area contributed by atoms with Gasteiger partial charge in [-0.25, -0.2) is 9.48 Å². The van der Waals surface area contributed by atoms with E-state index in [4.69, 9.17) is 0 Å². The second kappa shape index (κ2) is 15.4. The van der Waals surface area contributed by atoms with Crippen molar-refractivity contribution >= 4 is 17.8 Å². The topological polar surface area (TPSA) is 183 Å². The van der Waals surface area contributed by atoms with Crippen molar-refractivity contribution in [1.29, 1.82) is 0 Å². The zero-order chi connectivity index (χ0) is 31.5. The normalized spacial score (nSPS) is 12.4. The van der Waals surface area contributed by atoms with Crippen LogP contribution in [-0.2, 0) is 25.8 Å². The zero-order valence-corrected chi connectivity index (χ0v) is 24.7. The number of carboxylic acid groups (broad SMARTS) is 1. The van der Waals surface area contributed by atoms with Crippen molar-refractivity contribution in [2.45, 2.75) is 65.1 Å². The van der Waals surface area contributed by atoms with Crippen LogP contribution in [0.15, 0.2) is 48.5 Å². The highest BCUT2D eigenvalue weighted by atomic mass is 16.9. The molecule has 3 rings (SSSR count). The number of hydrogen-bond acceptors (Lipinski definition) is 9. The Morgan fingerprint density at radius 1 is 1.12 bits per heavy atom. The molecule has 0 bridgehead atoms. The van der Waals surface area contributed by atoms with Gasteiger partial charge in [-0.3, -0.25) is 9.59 Å². The van der Waals surface area contributed by atoms with Gasteiger partial charge < -0.3 is 20.2 Å². The molecule has 14 nitrogen and oxygen atoms in total. The second-order valence-corrected chi connectivity index (χ2v) is 10.3. The third-order valence-corrected chi connectivity index (χ3v) is 7.00. The third-order valence-electron chi connectivity index (χ3n) is 7.00. The third kappa shape index (κ3) is 8.33. The summed E-state index contributed by atoms with van der Waals surface area (Å²) in [4.78, 5) is 54.3. The SMILES string of the molecule is CCCCC(=O)N(Cc1ccc(-c2ccccc2-c2nnnn2C(CCO[N+](=O)[O-])C(=O)NC)cc1)[C@H](C(=O)O)C(C)C. The number of aromatic nitrogens is 4. The van der Waals surface area contributed by atoms with Crippen molar-refractivity contribution in [3.05, 3.63) is 64.2 Å². The van der Waals surface area contributed by atoms with Crippen molar-refractivity contribution in [2.75, 3.05) is 13.7 Å². The first-order valence-electron chi connectivity index (χ1n) is 14.1. The van der Waals surface area contributed by atoms with Gasteiger partial charge in [0.1, 0.15) is 12.1 Å². The summed E-state index contributed by atoms with van der Waals surface area (Å²) in [5.74, 6) is -1.67. The van der Waals surface area contributed by atoms with Crippen LogP contribution >= 0.6 is 0 Å². The summed E-state index contributed by atoms with van der Waals surface area (Å²) in [6.45, 7) is 5.38. The van der Waals surface area contributed by atoms with Gasteiger partial charge in [0.2, 0.25) is 11.8 Å². The van der Waals surface area contributed by atoms with E-state index in [1.165, 1.54) is 16.6 Å². The first-order valence-corrected chi connectivity index (χ1v) is 14.1. The van der Waals surface area contributed by atoms with Gasteiger partial charge in [0.15, 0.2) is 5.82 Å². The number of carbonyl (C=O) groups excluding carboxylic acids is 2. The van der Waals surface area contributed by atoms with Crippen LogP contribution in [0.4, 0.5) is 0 Å². The molecule has 0 radical (unpaired) electrons. The van der Waals surface area contributed by atoms with Gasteiger partial charge in [-0.2, -0.15) is 0 Å². The molecule has 0 aliphatic carbocycles. The minimum atomic E-state index is -1.04. The molecule has 3 aromatic rings. The summed E-state index contributed by atoms with van der Waals surface area (Å²) in [5.41, 5.74) is 2.94. The molecular weight excluding hydrogens is 558 g/mol. The summed E-state index contributed by atoms with van der Waals surface area (Å²) < 4.78 is 1.31. The highest BCUT2D eigenvalue weighted by molar-refractivity contribution is 5.85. The van der Waals surface area contributed by atoms with E-state index in [1.54, 1.807) is 26.0 Å². The van der Waals surface area contributed by atoms with E-state index in [2.05, 4.69) is 25.7 Å². The van der Waals surface area contributed by atoms with Crippen molar-refractivity contribution in [1.82, 2.24) is 30.4 Å². The molecule has 0 aliphatic heterocycles. The Bertz CT molecular complexity index is 1410. The van der Waals surface area contributed by atoms with Gasteiger partial charge in [-0.05, 0) is 39.5 Å². The second-order valence-electron chi connectivity index (χ2n) is 10.3. The Balaban J connectivity index is 1.94. The summed E-state index contributed by atoms with van der Waals surface area (Å²) in [6.07, 6.45) is 1.74. The van der Waals surface area contributed by atoms with E-state index in [-0.39, 0.29) is 43.6 Å². The molecule has 2 atom stereocenters. The van der Waals surface area contributed by atoms with Crippen LogP contribution in [0.25, 0.3) is 22.5 Å². The Morgan fingerprint density at radius 2 is 1.79 bits per heavy atom. The number of carbonyl (C=O) groups is 3. The lowest BCUT2D eigenvalue weighted by Crippen LogP contribution is -2.47. The van der Waals surface area contributed by atoms with Crippen LogP contribution in [-0.4, -0.2) is 72.8 Å². The molecule has 1 heterocycles. The molecule has 0 spiro atoms. The number of likely N-dealkylation sites (N-methyl/N-ethyl adjacent to an activating group) is 1. The van der Waals surface area contributed by atoms with Crippen LogP contribution in [0.3, 0.4) is 0 Å². The number of amides is 2. The van der Waals surface area contributed by atoms with E-state index in [0.717, 1.165) is 23.1 Å². The number of aliphatic carboxylic acids is 1.